The number of methoxy groups -OCH3 is 1. The third-order valence-corrected chi connectivity index (χ3v) is 3.39. The van der Waals surface area contributed by atoms with E-state index in [4.69, 9.17) is 4.74 Å². The van der Waals surface area contributed by atoms with E-state index in [1.54, 1.807) is 0 Å². The summed E-state index contributed by atoms with van der Waals surface area (Å²) >= 11 is 0. The minimum Gasteiger partial charge on any atom is -0.496 e. The van der Waals surface area contributed by atoms with E-state index >= 15 is 0 Å². The highest BCUT2D eigenvalue weighted by atomic mass is 32.2. The maximum Gasteiger partial charge on any atom is 0.270 e. The Bertz CT molecular complexity index is 556. The van der Waals surface area contributed by atoms with Crippen LogP contribution < -0.4 is 10.1 Å². The zero-order chi connectivity index (χ0) is 14.5. The summed E-state index contributed by atoms with van der Waals surface area (Å²) in [6, 6.07) is 4.29. The van der Waals surface area contributed by atoms with Crippen LogP contribution in [-0.4, -0.2) is 39.0 Å². The van der Waals surface area contributed by atoms with Gasteiger partial charge in [-0.2, -0.15) is 0 Å². The number of nitro groups is 1. The van der Waals surface area contributed by atoms with Gasteiger partial charge in [-0.05, 0) is 6.07 Å². The molecule has 1 aromatic rings. The van der Waals surface area contributed by atoms with E-state index in [2.05, 4.69) is 5.32 Å². The first-order valence-corrected chi connectivity index (χ1v) is 7.59. The van der Waals surface area contributed by atoms with E-state index in [1.165, 1.54) is 25.3 Å². The van der Waals surface area contributed by atoms with Crippen LogP contribution in [0.1, 0.15) is 5.56 Å². The standard InChI is InChI=1S/C11H16N2O5S/c1-18-11-4-3-10(13(14)15)7-9(11)8-12-5-6-19(2,16)17/h3-4,7,12H,5-6,8H2,1-2H3. The van der Waals surface area contributed by atoms with Gasteiger partial charge in [0.05, 0.1) is 17.8 Å². The van der Waals surface area contributed by atoms with E-state index < -0.39 is 14.8 Å². The fraction of sp³-hybridized carbons (Fsp3) is 0.455. The van der Waals surface area contributed by atoms with Crippen molar-refractivity contribution in [3.63, 3.8) is 0 Å². The summed E-state index contributed by atoms with van der Waals surface area (Å²) in [5, 5.41) is 13.6. The van der Waals surface area contributed by atoms with Crippen LogP contribution in [-0.2, 0) is 16.4 Å². The zero-order valence-electron chi connectivity index (χ0n) is 10.8. The number of nitrogens with zero attached hydrogens (tertiary/aromatic N) is 1. The van der Waals surface area contributed by atoms with Crippen LogP contribution in [0.5, 0.6) is 5.75 Å². The van der Waals surface area contributed by atoms with Gasteiger partial charge in [-0.3, -0.25) is 10.1 Å². The lowest BCUT2D eigenvalue weighted by Gasteiger charge is -2.09. The lowest BCUT2D eigenvalue weighted by atomic mass is 10.1. The lowest BCUT2D eigenvalue weighted by molar-refractivity contribution is -0.384. The molecule has 0 amide bonds. The van der Waals surface area contributed by atoms with Gasteiger partial charge in [0.2, 0.25) is 0 Å². The van der Waals surface area contributed by atoms with Gasteiger partial charge in [-0.25, -0.2) is 8.42 Å². The number of ether oxygens (including phenoxy) is 1. The van der Waals surface area contributed by atoms with E-state index in [0.717, 1.165) is 6.26 Å². The molecule has 1 rings (SSSR count). The van der Waals surface area contributed by atoms with Gasteiger partial charge < -0.3 is 10.1 Å². The van der Waals surface area contributed by atoms with Crippen molar-refractivity contribution in [1.29, 1.82) is 0 Å². The van der Waals surface area contributed by atoms with Gasteiger partial charge in [-0.1, -0.05) is 0 Å². The molecule has 0 aliphatic rings. The van der Waals surface area contributed by atoms with Crippen molar-refractivity contribution in [1.82, 2.24) is 5.32 Å². The van der Waals surface area contributed by atoms with Gasteiger partial charge in [-0.15, -0.1) is 0 Å². The Morgan fingerprint density at radius 2 is 2.11 bits per heavy atom. The zero-order valence-corrected chi connectivity index (χ0v) is 11.6. The van der Waals surface area contributed by atoms with E-state index in [-0.39, 0.29) is 18.0 Å². The smallest absolute Gasteiger partial charge is 0.270 e. The fourth-order valence-electron chi connectivity index (χ4n) is 1.50. The number of nitrogens with one attached hydrogen (secondary N) is 1. The summed E-state index contributed by atoms with van der Waals surface area (Å²) in [6.45, 7) is 0.588. The van der Waals surface area contributed by atoms with Gasteiger partial charge in [0, 0.05) is 37.0 Å². The fourth-order valence-corrected chi connectivity index (χ4v) is 2.01. The van der Waals surface area contributed by atoms with Crippen molar-refractivity contribution in [3.05, 3.63) is 33.9 Å². The van der Waals surface area contributed by atoms with Crippen LogP contribution in [0.4, 0.5) is 5.69 Å². The minimum absolute atomic E-state index is 0.0181. The first-order chi connectivity index (χ1) is 8.83. The Morgan fingerprint density at radius 3 is 2.63 bits per heavy atom. The Hall–Kier alpha value is -1.67. The van der Waals surface area contributed by atoms with Gasteiger partial charge >= 0.3 is 0 Å². The van der Waals surface area contributed by atoms with Crippen molar-refractivity contribution in [2.24, 2.45) is 0 Å². The molecule has 0 spiro atoms. The van der Waals surface area contributed by atoms with Gasteiger partial charge in [0.15, 0.2) is 0 Å². The molecule has 0 atom stereocenters. The molecule has 8 heteroatoms. The molecule has 0 saturated carbocycles. The van der Waals surface area contributed by atoms with Gasteiger partial charge in [0.1, 0.15) is 15.6 Å². The Kier molecular flexibility index (Phi) is 5.25. The molecular formula is C11H16N2O5S. The van der Waals surface area contributed by atoms with Crippen LogP contribution in [0.25, 0.3) is 0 Å². The molecule has 0 bridgehead atoms. The summed E-state index contributed by atoms with van der Waals surface area (Å²) in [5.74, 6) is 0.544. The Balaban J connectivity index is 2.70. The van der Waals surface area contributed by atoms with Gasteiger partial charge in [0.25, 0.3) is 5.69 Å². The normalized spacial score (nSPS) is 11.3. The van der Waals surface area contributed by atoms with E-state index in [9.17, 15) is 18.5 Å². The summed E-state index contributed by atoms with van der Waals surface area (Å²) in [4.78, 5) is 10.2. The summed E-state index contributed by atoms with van der Waals surface area (Å²) < 4.78 is 27.0. The third-order valence-electron chi connectivity index (χ3n) is 2.44. The quantitative estimate of drug-likeness (QED) is 0.451. The van der Waals surface area contributed by atoms with Crippen LogP contribution in [0.3, 0.4) is 0 Å². The van der Waals surface area contributed by atoms with E-state index in [0.29, 0.717) is 17.9 Å². The lowest BCUT2D eigenvalue weighted by Crippen LogP contribution is -2.22. The van der Waals surface area contributed by atoms with E-state index in [1.807, 2.05) is 0 Å². The molecule has 0 fully saturated rings. The van der Waals surface area contributed by atoms with Crippen molar-refractivity contribution < 1.29 is 18.1 Å². The molecule has 1 aromatic carbocycles. The first kappa shape index (κ1) is 15.4. The number of hydrogen-bond donors (Lipinski definition) is 1. The molecule has 0 radical (unpaired) electrons. The molecule has 7 nitrogen and oxygen atoms in total. The highest BCUT2D eigenvalue weighted by molar-refractivity contribution is 7.90. The molecule has 0 saturated heterocycles. The number of sulfone groups is 1. The van der Waals surface area contributed by atoms with Crippen LogP contribution in [0.2, 0.25) is 0 Å². The maximum atomic E-state index is 11.0. The topological polar surface area (TPSA) is 98.5 Å². The summed E-state index contributed by atoms with van der Waals surface area (Å²) in [7, 11) is -1.54. The average Bonchev–Trinajstić information content (AvgIpc) is 2.33. The predicted octanol–water partition coefficient (Wildman–Crippen LogP) is 0.738. The molecule has 0 aliphatic heterocycles. The van der Waals surface area contributed by atoms with Crippen molar-refractivity contribution in [2.45, 2.75) is 6.54 Å². The second kappa shape index (κ2) is 6.48. The molecule has 1 N–H and O–H groups in total. The highest BCUT2D eigenvalue weighted by Gasteiger charge is 2.11. The molecule has 0 unspecified atom stereocenters. The molecule has 0 aliphatic carbocycles. The van der Waals surface area contributed by atoms with Crippen LogP contribution >= 0.6 is 0 Å². The molecular weight excluding hydrogens is 272 g/mol. The van der Waals surface area contributed by atoms with Crippen molar-refractivity contribution in [2.75, 3.05) is 25.7 Å². The largest absolute Gasteiger partial charge is 0.496 e. The number of hydrogen-bond acceptors (Lipinski definition) is 6. The predicted molar refractivity (Wildman–Crippen MR) is 71.1 cm³/mol. The summed E-state index contributed by atoms with van der Waals surface area (Å²) in [6.07, 6.45) is 1.16. The number of benzene rings is 1. The minimum atomic E-state index is -3.02. The van der Waals surface area contributed by atoms with Crippen molar-refractivity contribution >= 4 is 15.5 Å². The maximum absolute atomic E-state index is 11.0. The van der Waals surface area contributed by atoms with Crippen molar-refractivity contribution in [3.8, 4) is 5.75 Å². The molecule has 0 heterocycles. The second-order valence-electron chi connectivity index (χ2n) is 4.06. The summed E-state index contributed by atoms with van der Waals surface area (Å²) in [5.41, 5.74) is 0.589. The number of non-ortho nitro benzene ring substituents is 1. The second-order valence-corrected chi connectivity index (χ2v) is 6.32. The Morgan fingerprint density at radius 1 is 1.42 bits per heavy atom. The van der Waals surface area contributed by atoms with Crippen LogP contribution in [0, 0.1) is 10.1 Å². The molecule has 106 valence electrons. The van der Waals surface area contributed by atoms with Crippen LogP contribution in [0.15, 0.2) is 18.2 Å². The number of rotatable bonds is 7. The third kappa shape index (κ3) is 5.23. The average molecular weight is 288 g/mol. The Labute approximate surface area is 111 Å². The molecule has 0 aromatic heterocycles. The monoisotopic (exact) mass is 288 g/mol. The molecule has 19 heavy (non-hydrogen) atoms. The number of nitro benzene ring substituents is 1. The SMILES string of the molecule is COc1ccc([N+](=O)[O-])cc1CNCCS(C)(=O)=O. The highest BCUT2D eigenvalue weighted by Crippen LogP contribution is 2.23. The first-order valence-electron chi connectivity index (χ1n) is 5.53.